The molecule has 0 amide bonds. The summed E-state index contributed by atoms with van der Waals surface area (Å²) in [5.41, 5.74) is 19.9. The molecule has 0 radical (unpaired) electrons. The maximum Gasteiger partial charge on any atom is 0.127 e. The van der Waals surface area contributed by atoms with Crippen LogP contribution in [0.5, 0.6) is 23.0 Å². The molecule has 81 heavy (non-hydrogen) atoms. The van der Waals surface area contributed by atoms with Crippen LogP contribution in [0.3, 0.4) is 0 Å². The number of ether oxygens (including phenoxy) is 2. The Balaban J connectivity index is 0.841. The average molecular weight is 1040 g/mol. The number of nitrogens with zero attached hydrogens (tertiary/aromatic N) is 2. The summed E-state index contributed by atoms with van der Waals surface area (Å²) in [5, 5.41) is 2.37. The van der Waals surface area contributed by atoms with Crippen LogP contribution in [0.4, 0.5) is 17.1 Å². The van der Waals surface area contributed by atoms with Crippen molar-refractivity contribution in [3.05, 3.63) is 338 Å². The molecule has 0 spiro atoms. The molecule has 1 unspecified atom stereocenters. The van der Waals surface area contributed by atoms with Crippen LogP contribution in [0.15, 0.2) is 304 Å². The quantitative estimate of drug-likeness (QED) is 0.109. The lowest BCUT2D eigenvalue weighted by Crippen LogP contribution is -2.28. The topological polar surface area (TPSA) is 26.6 Å². The van der Waals surface area contributed by atoms with Crippen molar-refractivity contribution < 1.29 is 9.47 Å². The van der Waals surface area contributed by atoms with E-state index in [1.165, 1.54) is 38.6 Å². The van der Waals surface area contributed by atoms with Gasteiger partial charge in [0.1, 0.15) is 23.0 Å². The number of benzene rings is 12. The van der Waals surface area contributed by atoms with Gasteiger partial charge in [-0.2, -0.15) is 0 Å². The van der Waals surface area contributed by atoms with Crippen molar-refractivity contribution in [1.82, 2.24) is 4.57 Å². The second-order valence-electron chi connectivity index (χ2n) is 20.5. The van der Waals surface area contributed by atoms with E-state index in [4.69, 9.17) is 9.47 Å². The van der Waals surface area contributed by atoms with Gasteiger partial charge in [-0.3, -0.25) is 0 Å². The molecule has 0 aliphatic heterocycles. The predicted octanol–water partition coefficient (Wildman–Crippen LogP) is 20.8. The standard InChI is InChI=1S/C77H54N2O2/c1-3-53-24-39-65(40-25-53)80-67-43-30-56(31-44-67)58-33-49-76-72(51-58)71-50-57(32-48-75(71)79(76)62-20-12-7-13-21-62)55-28-36-63(37-29-55)78(61-18-10-6-11-19-61)64-38-47-70-69-22-14-15-23-73(69)77(74(70)52-64,59-16-8-5-9-17-59)60-34-45-68(46-35-60)81-66-41-26-54(4-2)27-42-66/h3-52H,1-2H2. The third kappa shape index (κ3) is 8.77. The molecule has 14 rings (SSSR count). The van der Waals surface area contributed by atoms with Crippen molar-refractivity contribution in [2.24, 2.45) is 0 Å². The normalized spacial score (nSPS) is 13.3. The highest BCUT2D eigenvalue weighted by Gasteiger charge is 2.46. The second kappa shape index (κ2) is 20.6. The SMILES string of the molecule is C=Cc1ccc(Oc2ccc(-c3ccc4c(c3)c3cc(-c5ccc(N(c6ccccc6)c6ccc7c(c6)C(c6ccccc6)(c6ccc(Oc8ccc(C=C)cc8)cc6)c6ccccc6-7)cc5)ccc3n4-c3ccccc3)cc2)cc1. The van der Waals surface area contributed by atoms with Crippen molar-refractivity contribution >= 4 is 51.0 Å². The number of para-hydroxylation sites is 2. The summed E-state index contributed by atoms with van der Waals surface area (Å²) in [6.45, 7) is 7.78. The van der Waals surface area contributed by atoms with Gasteiger partial charge in [0.25, 0.3) is 0 Å². The van der Waals surface area contributed by atoms with Crippen molar-refractivity contribution in [3.8, 4) is 62.1 Å². The van der Waals surface area contributed by atoms with E-state index in [-0.39, 0.29) is 0 Å². The number of fused-ring (bicyclic) bond motifs is 6. The van der Waals surface area contributed by atoms with E-state index in [2.05, 4.69) is 253 Å². The largest absolute Gasteiger partial charge is 0.457 e. The molecule has 1 atom stereocenters. The number of hydrogen-bond acceptors (Lipinski definition) is 3. The van der Waals surface area contributed by atoms with Crippen molar-refractivity contribution in [1.29, 1.82) is 0 Å². The molecular formula is C77H54N2O2. The number of anilines is 3. The summed E-state index contributed by atoms with van der Waals surface area (Å²) in [6, 6.07) is 104. The summed E-state index contributed by atoms with van der Waals surface area (Å²) in [5.74, 6) is 3.13. The Bertz CT molecular complexity index is 4440. The van der Waals surface area contributed by atoms with E-state index in [1.54, 1.807) is 0 Å². The fourth-order valence-corrected chi connectivity index (χ4v) is 12.1. The second-order valence-corrected chi connectivity index (χ2v) is 20.5. The van der Waals surface area contributed by atoms with Crippen LogP contribution in [-0.2, 0) is 5.41 Å². The minimum atomic E-state index is -0.624. The third-order valence-corrected chi connectivity index (χ3v) is 15.9. The first-order valence-electron chi connectivity index (χ1n) is 27.4. The molecule has 1 heterocycles. The zero-order chi connectivity index (χ0) is 54.3. The molecule has 0 fully saturated rings. The Kier molecular flexibility index (Phi) is 12.4. The molecule has 1 aromatic heterocycles. The molecule has 0 N–H and O–H groups in total. The van der Waals surface area contributed by atoms with Crippen LogP contribution in [0.2, 0.25) is 0 Å². The Labute approximate surface area is 472 Å². The minimum Gasteiger partial charge on any atom is -0.457 e. The first-order chi connectivity index (χ1) is 40.0. The molecule has 13 aromatic rings. The van der Waals surface area contributed by atoms with Crippen molar-refractivity contribution in [2.45, 2.75) is 5.41 Å². The van der Waals surface area contributed by atoms with Crippen LogP contribution in [-0.4, -0.2) is 4.57 Å². The zero-order valence-electron chi connectivity index (χ0n) is 44.5. The Morgan fingerprint density at radius 3 is 1.31 bits per heavy atom. The first kappa shape index (κ1) is 48.7. The highest BCUT2D eigenvalue weighted by atomic mass is 16.5. The van der Waals surface area contributed by atoms with Crippen molar-refractivity contribution in [2.75, 3.05) is 4.90 Å². The summed E-state index contributed by atoms with van der Waals surface area (Å²) < 4.78 is 15.0. The van der Waals surface area contributed by atoms with Gasteiger partial charge in [-0.15, -0.1) is 0 Å². The summed E-state index contributed by atoms with van der Waals surface area (Å²) in [7, 11) is 0. The highest BCUT2D eigenvalue weighted by molar-refractivity contribution is 6.11. The lowest BCUT2D eigenvalue weighted by Gasteiger charge is -2.35. The molecule has 384 valence electrons. The van der Waals surface area contributed by atoms with E-state index >= 15 is 0 Å². The van der Waals surface area contributed by atoms with Crippen LogP contribution in [0, 0.1) is 0 Å². The minimum absolute atomic E-state index is 0.624. The average Bonchev–Trinajstić information content (AvgIpc) is 4.26. The van der Waals surface area contributed by atoms with Crippen LogP contribution in [0.1, 0.15) is 33.4 Å². The maximum atomic E-state index is 6.40. The van der Waals surface area contributed by atoms with Gasteiger partial charge in [-0.1, -0.05) is 195 Å². The summed E-state index contributed by atoms with van der Waals surface area (Å²) in [6.07, 6.45) is 3.67. The van der Waals surface area contributed by atoms with Crippen molar-refractivity contribution in [3.63, 3.8) is 0 Å². The molecular weight excluding hydrogens is 985 g/mol. The van der Waals surface area contributed by atoms with Gasteiger partial charge < -0.3 is 18.9 Å². The lowest BCUT2D eigenvalue weighted by molar-refractivity contribution is 0.482. The van der Waals surface area contributed by atoms with Crippen LogP contribution < -0.4 is 14.4 Å². The summed E-state index contributed by atoms with van der Waals surface area (Å²) in [4.78, 5) is 2.38. The lowest BCUT2D eigenvalue weighted by atomic mass is 9.67. The van der Waals surface area contributed by atoms with Gasteiger partial charge in [0.2, 0.25) is 0 Å². The molecule has 4 heteroatoms. The van der Waals surface area contributed by atoms with Gasteiger partial charge in [-0.25, -0.2) is 0 Å². The Morgan fingerprint density at radius 1 is 0.333 bits per heavy atom. The highest BCUT2D eigenvalue weighted by Crippen LogP contribution is 2.57. The third-order valence-electron chi connectivity index (χ3n) is 15.9. The Morgan fingerprint density at radius 2 is 0.753 bits per heavy atom. The van der Waals surface area contributed by atoms with Crippen LogP contribution >= 0.6 is 0 Å². The van der Waals surface area contributed by atoms with Gasteiger partial charge in [0.05, 0.1) is 16.4 Å². The first-order valence-corrected chi connectivity index (χ1v) is 27.4. The predicted molar refractivity (Wildman–Crippen MR) is 337 cm³/mol. The molecule has 1 aliphatic rings. The maximum absolute atomic E-state index is 6.40. The fourth-order valence-electron chi connectivity index (χ4n) is 12.1. The van der Waals surface area contributed by atoms with E-state index < -0.39 is 5.41 Å². The van der Waals surface area contributed by atoms with Gasteiger partial charge in [0.15, 0.2) is 0 Å². The smallest absolute Gasteiger partial charge is 0.127 e. The van der Waals surface area contributed by atoms with Crippen LogP contribution in [0.25, 0.3) is 73.0 Å². The van der Waals surface area contributed by atoms with Gasteiger partial charge >= 0.3 is 0 Å². The van der Waals surface area contributed by atoms with E-state index in [1.807, 2.05) is 72.8 Å². The Hall–Kier alpha value is -10.7. The molecule has 0 saturated heterocycles. The van der Waals surface area contributed by atoms with Gasteiger partial charge in [-0.05, 0) is 188 Å². The molecule has 12 aromatic carbocycles. The fraction of sp³-hybridized carbons (Fsp3) is 0.0130. The number of aromatic nitrogens is 1. The monoisotopic (exact) mass is 1040 g/mol. The van der Waals surface area contributed by atoms with E-state index in [0.29, 0.717) is 0 Å². The van der Waals surface area contributed by atoms with E-state index in [9.17, 15) is 0 Å². The summed E-state index contributed by atoms with van der Waals surface area (Å²) >= 11 is 0. The molecule has 4 nitrogen and oxygen atoms in total. The molecule has 0 saturated carbocycles. The number of hydrogen-bond donors (Lipinski definition) is 0. The molecule has 1 aliphatic carbocycles. The number of rotatable bonds is 14. The van der Waals surface area contributed by atoms with Gasteiger partial charge in [0, 0.05) is 33.5 Å². The zero-order valence-corrected chi connectivity index (χ0v) is 44.5. The molecule has 0 bridgehead atoms. The van der Waals surface area contributed by atoms with E-state index in [0.717, 1.165) is 95.7 Å².